The zero-order chi connectivity index (χ0) is 22.1. The normalized spacial score (nSPS) is 15.0. The summed E-state index contributed by atoms with van der Waals surface area (Å²) in [7, 11) is -3.57. The summed E-state index contributed by atoms with van der Waals surface area (Å²) < 4.78 is 37.2. The zero-order valence-electron chi connectivity index (χ0n) is 17.2. The molecule has 0 aromatic heterocycles. The van der Waals surface area contributed by atoms with Crippen LogP contribution in [0, 0.1) is 0 Å². The summed E-state index contributed by atoms with van der Waals surface area (Å²) in [6.07, 6.45) is 1.49. The molecule has 0 saturated carbocycles. The van der Waals surface area contributed by atoms with Crippen LogP contribution in [0.1, 0.15) is 12.5 Å². The third-order valence-corrected chi connectivity index (χ3v) is 6.32. The van der Waals surface area contributed by atoms with Crippen molar-refractivity contribution >= 4 is 27.8 Å². The molecule has 0 unspecified atom stereocenters. The van der Waals surface area contributed by atoms with Crippen molar-refractivity contribution < 1.29 is 27.5 Å². The first-order valence-electron chi connectivity index (χ1n) is 9.85. The minimum absolute atomic E-state index is 0.170. The quantitative estimate of drug-likeness (QED) is 0.466. The smallest absolute Gasteiger partial charge is 0.265 e. The van der Waals surface area contributed by atoms with E-state index in [4.69, 9.17) is 14.3 Å². The molecule has 1 aliphatic heterocycles. The predicted octanol–water partition coefficient (Wildman–Crippen LogP) is 2.10. The Hall–Kier alpha value is -2.95. The average molecular weight is 448 g/mol. The molecule has 1 aliphatic rings. The molecule has 2 aromatic rings. The first-order chi connectivity index (χ1) is 15.0. The van der Waals surface area contributed by atoms with Gasteiger partial charge in [0.2, 0.25) is 10.0 Å². The number of carbonyl (C=O) groups excluding carboxylic acids is 1. The maximum Gasteiger partial charge on any atom is 0.265 e. The van der Waals surface area contributed by atoms with E-state index in [-0.39, 0.29) is 11.5 Å². The molecule has 0 radical (unpaired) electrons. The first kappa shape index (κ1) is 22.7. The van der Waals surface area contributed by atoms with Crippen molar-refractivity contribution in [1.29, 1.82) is 0 Å². The van der Waals surface area contributed by atoms with Gasteiger partial charge in [-0.1, -0.05) is 5.16 Å². The maximum absolute atomic E-state index is 12.6. The Bertz CT molecular complexity index is 985. The van der Waals surface area contributed by atoms with E-state index in [0.29, 0.717) is 38.6 Å². The number of hydrogen-bond donors (Lipinski definition) is 1. The van der Waals surface area contributed by atoms with Gasteiger partial charge in [-0.3, -0.25) is 4.79 Å². The molecule has 10 heteroatoms. The number of amides is 1. The predicted molar refractivity (Wildman–Crippen MR) is 116 cm³/mol. The summed E-state index contributed by atoms with van der Waals surface area (Å²) in [5.41, 5.74) is 1.27. The molecule has 0 spiro atoms. The second-order valence-corrected chi connectivity index (χ2v) is 8.54. The van der Waals surface area contributed by atoms with Crippen LogP contribution in [0.4, 0.5) is 5.69 Å². The molecule has 2 aromatic carbocycles. The Labute approximate surface area is 181 Å². The third kappa shape index (κ3) is 6.51. The van der Waals surface area contributed by atoms with Crippen LogP contribution in [0.15, 0.2) is 58.6 Å². The lowest BCUT2D eigenvalue weighted by Gasteiger charge is -2.26. The molecule has 0 bridgehead atoms. The SMILES string of the molecule is CCOc1ccc(/C=N/OCC(=O)Nc2ccc(S(=O)(=O)N3CCOCC3)cc2)cc1. The van der Waals surface area contributed by atoms with Crippen LogP contribution in [0.2, 0.25) is 0 Å². The Balaban J connectivity index is 1.47. The fourth-order valence-corrected chi connectivity index (χ4v) is 4.26. The van der Waals surface area contributed by atoms with Gasteiger partial charge < -0.3 is 19.6 Å². The lowest BCUT2D eigenvalue weighted by Crippen LogP contribution is -2.40. The van der Waals surface area contributed by atoms with Crippen molar-refractivity contribution in [3.05, 3.63) is 54.1 Å². The van der Waals surface area contributed by atoms with Crippen LogP contribution in [-0.2, 0) is 24.4 Å². The first-order valence-corrected chi connectivity index (χ1v) is 11.3. The molecule has 1 fully saturated rings. The van der Waals surface area contributed by atoms with Crippen LogP contribution in [0.25, 0.3) is 0 Å². The lowest BCUT2D eigenvalue weighted by atomic mass is 10.2. The summed E-state index contributed by atoms with van der Waals surface area (Å²) in [5, 5.41) is 6.41. The van der Waals surface area contributed by atoms with Gasteiger partial charge in [-0.25, -0.2) is 8.42 Å². The summed E-state index contributed by atoms with van der Waals surface area (Å²) >= 11 is 0. The highest BCUT2D eigenvalue weighted by molar-refractivity contribution is 7.89. The van der Waals surface area contributed by atoms with Gasteiger partial charge in [-0.05, 0) is 61.0 Å². The monoisotopic (exact) mass is 447 g/mol. The number of morpholine rings is 1. The summed E-state index contributed by atoms with van der Waals surface area (Å²) in [6, 6.07) is 13.3. The second kappa shape index (κ2) is 10.9. The van der Waals surface area contributed by atoms with Gasteiger partial charge in [-0.15, -0.1) is 0 Å². The van der Waals surface area contributed by atoms with E-state index in [1.807, 2.05) is 31.2 Å². The van der Waals surface area contributed by atoms with Gasteiger partial charge >= 0.3 is 0 Å². The number of benzene rings is 2. The van der Waals surface area contributed by atoms with Gasteiger partial charge in [0.1, 0.15) is 5.75 Å². The van der Waals surface area contributed by atoms with Crippen molar-refractivity contribution in [1.82, 2.24) is 4.31 Å². The van der Waals surface area contributed by atoms with Crippen molar-refractivity contribution in [3.63, 3.8) is 0 Å². The number of hydrogen-bond acceptors (Lipinski definition) is 7. The van der Waals surface area contributed by atoms with Crippen LogP contribution < -0.4 is 10.1 Å². The van der Waals surface area contributed by atoms with Crippen molar-refractivity contribution in [2.75, 3.05) is 44.8 Å². The molecule has 0 atom stereocenters. The minimum Gasteiger partial charge on any atom is -0.494 e. The van der Waals surface area contributed by atoms with E-state index in [1.165, 1.54) is 34.8 Å². The number of rotatable bonds is 9. The van der Waals surface area contributed by atoms with E-state index in [1.54, 1.807) is 0 Å². The largest absolute Gasteiger partial charge is 0.494 e. The van der Waals surface area contributed by atoms with Gasteiger partial charge in [0, 0.05) is 18.8 Å². The van der Waals surface area contributed by atoms with Crippen LogP contribution in [0.5, 0.6) is 5.75 Å². The molecule has 1 heterocycles. The van der Waals surface area contributed by atoms with Gasteiger partial charge in [0.15, 0.2) is 6.61 Å². The summed E-state index contributed by atoms with van der Waals surface area (Å²) in [6.45, 7) is 3.66. The summed E-state index contributed by atoms with van der Waals surface area (Å²) in [5.74, 6) is 0.358. The van der Waals surface area contributed by atoms with Crippen molar-refractivity contribution in [2.45, 2.75) is 11.8 Å². The topological polar surface area (TPSA) is 107 Å². The minimum atomic E-state index is -3.57. The molecule has 1 saturated heterocycles. The Kier molecular flexibility index (Phi) is 7.99. The summed E-state index contributed by atoms with van der Waals surface area (Å²) in [4.78, 5) is 17.2. The Morgan fingerprint density at radius 3 is 2.45 bits per heavy atom. The van der Waals surface area contributed by atoms with Crippen LogP contribution >= 0.6 is 0 Å². The molecule has 3 rings (SSSR count). The number of ether oxygens (including phenoxy) is 2. The molecule has 0 aliphatic carbocycles. The third-order valence-electron chi connectivity index (χ3n) is 4.41. The fourth-order valence-electron chi connectivity index (χ4n) is 2.85. The van der Waals surface area contributed by atoms with Gasteiger partial charge in [0.25, 0.3) is 5.91 Å². The molecule has 1 amide bonds. The standard InChI is InChI=1S/C21H25N3O6S/c1-2-29-19-7-3-17(4-8-19)15-22-30-16-21(25)23-18-5-9-20(10-6-18)31(26,27)24-11-13-28-14-12-24/h3-10,15H,2,11-14,16H2,1H3,(H,23,25)/b22-15+. The molecule has 166 valence electrons. The average Bonchev–Trinajstić information content (AvgIpc) is 2.79. The highest BCUT2D eigenvalue weighted by Crippen LogP contribution is 2.19. The molecule has 9 nitrogen and oxygen atoms in total. The number of sulfonamides is 1. The van der Waals surface area contributed by atoms with Crippen molar-refractivity contribution in [3.8, 4) is 5.75 Å². The second-order valence-electron chi connectivity index (χ2n) is 6.60. The highest BCUT2D eigenvalue weighted by atomic mass is 32.2. The molecular formula is C21H25N3O6S. The fraction of sp³-hybridized carbons (Fsp3) is 0.333. The Morgan fingerprint density at radius 1 is 1.13 bits per heavy atom. The number of oxime groups is 1. The van der Waals surface area contributed by atoms with E-state index in [2.05, 4.69) is 10.5 Å². The van der Waals surface area contributed by atoms with E-state index >= 15 is 0 Å². The maximum atomic E-state index is 12.6. The lowest BCUT2D eigenvalue weighted by molar-refractivity contribution is -0.120. The van der Waals surface area contributed by atoms with Crippen LogP contribution in [-0.4, -0.2) is 64.4 Å². The van der Waals surface area contributed by atoms with Gasteiger partial charge in [-0.2, -0.15) is 4.31 Å². The molecular weight excluding hydrogens is 422 g/mol. The van der Waals surface area contributed by atoms with E-state index in [9.17, 15) is 13.2 Å². The van der Waals surface area contributed by atoms with Crippen LogP contribution in [0.3, 0.4) is 0 Å². The van der Waals surface area contributed by atoms with E-state index in [0.717, 1.165) is 11.3 Å². The molecule has 1 N–H and O–H groups in total. The highest BCUT2D eigenvalue weighted by Gasteiger charge is 2.26. The number of anilines is 1. The molecule has 31 heavy (non-hydrogen) atoms. The number of carbonyl (C=O) groups is 1. The zero-order valence-corrected chi connectivity index (χ0v) is 18.0. The Morgan fingerprint density at radius 2 is 1.81 bits per heavy atom. The van der Waals surface area contributed by atoms with Crippen molar-refractivity contribution in [2.24, 2.45) is 5.16 Å². The van der Waals surface area contributed by atoms with Gasteiger partial charge in [0.05, 0.1) is 30.9 Å². The number of nitrogens with one attached hydrogen (secondary N) is 1. The van der Waals surface area contributed by atoms with E-state index < -0.39 is 15.9 Å². The number of nitrogens with zero attached hydrogens (tertiary/aromatic N) is 2.